The van der Waals surface area contributed by atoms with Crippen LogP contribution in [0.25, 0.3) is 0 Å². The summed E-state index contributed by atoms with van der Waals surface area (Å²) in [6.45, 7) is 9.24. The average Bonchev–Trinajstić information content (AvgIpc) is 2.57. The quantitative estimate of drug-likeness (QED) is 0.826. The van der Waals surface area contributed by atoms with E-state index in [2.05, 4.69) is 33.0 Å². The summed E-state index contributed by atoms with van der Waals surface area (Å²) in [6.07, 6.45) is 0.474. The Balaban J connectivity index is 2.46. The fourth-order valence-corrected chi connectivity index (χ4v) is 4.35. The third-order valence-corrected chi connectivity index (χ3v) is 5.60. The molecule has 1 fully saturated rings. The Morgan fingerprint density at radius 1 is 1.22 bits per heavy atom. The van der Waals surface area contributed by atoms with Crippen molar-refractivity contribution >= 4 is 15.7 Å². The Hall–Kier alpha value is -0.580. The van der Waals surface area contributed by atoms with Gasteiger partial charge in [0.25, 0.3) is 0 Å². The van der Waals surface area contributed by atoms with Gasteiger partial charge in [0.1, 0.15) is 0 Å². The molecule has 0 spiro atoms. The van der Waals surface area contributed by atoms with Gasteiger partial charge >= 0.3 is 0 Å². The molecule has 1 aliphatic rings. The normalized spacial score (nSPS) is 22.9. The van der Waals surface area contributed by atoms with E-state index in [1.807, 2.05) is 0 Å². The highest BCUT2D eigenvalue weighted by Crippen LogP contribution is 2.21. The monoisotopic (exact) mass is 275 g/mol. The molecule has 1 N–H and O–H groups in total. The third kappa shape index (κ3) is 4.26. The highest BCUT2D eigenvalue weighted by atomic mass is 32.2. The molecule has 0 aromatic rings. The number of nitrogens with one attached hydrogen (secondary N) is 1. The van der Waals surface area contributed by atoms with Crippen LogP contribution in [0.4, 0.5) is 0 Å². The summed E-state index contributed by atoms with van der Waals surface area (Å²) in [5.41, 5.74) is 0. The molecule has 0 saturated carbocycles. The lowest BCUT2D eigenvalue weighted by Crippen LogP contribution is -2.37. The van der Waals surface area contributed by atoms with Gasteiger partial charge in [-0.25, -0.2) is 8.42 Å². The first-order chi connectivity index (χ1) is 8.23. The Morgan fingerprint density at radius 3 is 2.17 bits per heavy atom. The van der Waals surface area contributed by atoms with Crippen molar-refractivity contribution in [1.82, 2.24) is 5.32 Å². The lowest BCUT2D eigenvalue weighted by Gasteiger charge is -2.25. The minimum absolute atomic E-state index is 0.0207. The third-order valence-electron chi connectivity index (χ3n) is 3.83. The van der Waals surface area contributed by atoms with Gasteiger partial charge in [-0.05, 0) is 24.2 Å². The summed E-state index contributed by atoms with van der Waals surface area (Å²) >= 11 is 0. The minimum atomic E-state index is -2.97. The van der Waals surface area contributed by atoms with Crippen LogP contribution in [0.1, 0.15) is 34.1 Å². The molecular weight excluding hydrogens is 250 g/mol. The van der Waals surface area contributed by atoms with Crippen molar-refractivity contribution in [3.05, 3.63) is 0 Å². The second-order valence-corrected chi connectivity index (χ2v) is 8.23. The van der Waals surface area contributed by atoms with Crippen LogP contribution in [0, 0.1) is 23.7 Å². The smallest absolute Gasteiger partial charge is 0.224 e. The van der Waals surface area contributed by atoms with E-state index in [4.69, 9.17) is 0 Å². The van der Waals surface area contributed by atoms with Crippen LogP contribution in [0.3, 0.4) is 0 Å². The van der Waals surface area contributed by atoms with E-state index < -0.39 is 9.84 Å². The number of carbonyl (C=O) groups excluding carboxylic acids is 1. The SMILES string of the molecule is CC(C)C(CNC(=O)C1CCS(=O)(=O)C1)C(C)C. The average molecular weight is 275 g/mol. The molecule has 1 rings (SSSR count). The molecule has 0 aliphatic carbocycles. The molecule has 5 heteroatoms. The summed E-state index contributed by atoms with van der Waals surface area (Å²) in [5, 5.41) is 2.92. The van der Waals surface area contributed by atoms with E-state index in [0.717, 1.165) is 0 Å². The standard InChI is InChI=1S/C13H25NO3S/c1-9(2)12(10(3)4)7-14-13(15)11-5-6-18(16,17)8-11/h9-12H,5-8H2,1-4H3,(H,14,15). The maximum atomic E-state index is 11.9. The van der Waals surface area contributed by atoms with Crippen molar-refractivity contribution in [3.63, 3.8) is 0 Å². The maximum absolute atomic E-state index is 11.9. The number of sulfone groups is 1. The molecule has 1 unspecified atom stereocenters. The van der Waals surface area contributed by atoms with Gasteiger partial charge in [0.15, 0.2) is 9.84 Å². The second kappa shape index (κ2) is 6.04. The van der Waals surface area contributed by atoms with Crippen LogP contribution >= 0.6 is 0 Å². The molecule has 18 heavy (non-hydrogen) atoms. The van der Waals surface area contributed by atoms with Crippen LogP contribution in [0.5, 0.6) is 0 Å². The molecular formula is C13H25NO3S. The fourth-order valence-electron chi connectivity index (χ4n) is 2.61. The van der Waals surface area contributed by atoms with Crippen LogP contribution in [-0.4, -0.2) is 32.4 Å². The lowest BCUT2D eigenvalue weighted by atomic mass is 9.85. The summed E-state index contributed by atoms with van der Waals surface area (Å²) in [4.78, 5) is 11.9. The number of rotatable bonds is 5. The molecule has 106 valence electrons. The first kappa shape index (κ1) is 15.5. The molecule has 0 bridgehead atoms. The Kier molecular flexibility index (Phi) is 5.20. The Bertz CT molecular complexity index is 379. The van der Waals surface area contributed by atoms with E-state index in [1.165, 1.54) is 0 Å². The van der Waals surface area contributed by atoms with Crippen molar-refractivity contribution in [1.29, 1.82) is 0 Å². The number of hydrogen-bond donors (Lipinski definition) is 1. The molecule has 4 nitrogen and oxygen atoms in total. The predicted octanol–water partition coefficient (Wildman–Crippen LogP) is 1.47. The van der Waals surface area contributed by atoms with Crippen molar-refractivity contribution in [2.75, 3.05) is 18.1 Å². The molecule has 0 radical (unpaired) electrons. The van der Waals surface area contributed by atoms with Gasteiger partial charge in [0.05, 0.1) is 17.4 Å². The molecule has 1 heterocycles. The van der Waals surface area contributed by atoms with Gasteiger partial charge in [-0.15, -0.1) is 0 Å². The van der Waals surface area contributed by atoms with E-state index >= 15 is 0 Å². The molecule has 1 amide bonds. The maximum Gasteiger partial charge on any atom is 0.224 e. The van der Waals surface area contributed by atoms with Gasteiger partial charge in [-0.1, -0.05) is 27.7 Å². The van der Waals surface area contributed by atoms with Crippen molar-refractivity contribution in [2.45, 2.75) is 34.1 Å². The van der Waals surface area contributed by atoms with E-state index in [9.17, 15) is 13.2 Å². The second-order valence-electron chi connectivity index (χ2n) is 6.00. The number of carbonyl (C=O) groups is 1. The zero-order chi connectivity index (χ0) is 13.9. The van der Waals surface area contributed by atoms with Crippen LogP contribution < -0.4 is 5.32 Å². The van der Waals surface area contributed by atoms with Gasteiger partial charge in [0, 0.05) is 6.54 Å². The number of hydrogen-bond acceptors (Lipinski definition) is 3. The van der Waals surface area contributed by atoms with Crippen molar-refractivity contribution in [2.24, 2.45) is 23.7 Å². The fraction of sp³-hybridized carbons (Fsp3) is 0.923. The van der Waals surface area contributed by atoms with Gasteiger partial charge < -0.3 is 5.32 Å². The van der Waals surface area contributed by atoms with E-state index in [-0.39, 0.29) is 23.3 Å². The topological polar surface area (TPSA) is 63.2 Å². The Morgan fingerprint density at radius 2 is 1.78 bits per heavy atom. The largest absolute Gasteiger partial charge is 0.356 e. The van der Waals surface area contributed by atoms with Gasteiger partial charge in [0.2, 0.25) is 5.91 Å². The molecule has 1 saturated heterocycles. The lowest BCUT2D eigenvalue weighted by molar-refractivity contribution is -0.124. The van der Waals surface area contributed by atoms with Crippen LogP contribution in [0.15, 0.2) is 0 Å². The Labute approximate surface area is 110 Å². The van der Waals surface area contributed by atoms with Crippen LogP contribution in [-0.2, 0) is 14.6 Å². The number of amides is 1. The molecule has 1 aliphatic heterocycles. The summed E-state index contributed by atoms with van der Waals surface area (Å²) in [6, 6.07) is 0. The summed E-state index contributed by atoms with van der Waals surface area (Å²) in [5.74, 6) is 1.20. The summed E-state index contributed by atoms with van der Waals surface area (Å²) in [7, 11) is -2.97. The van der Waals surface area contributed by atoms with Gasteiger partial charge in [-0.2, -0.15) is 0 Å². The predicted molar refractivity (Wildman–Crippen MR) is 72.9 cm³/mol. The van der Waals surface area contributed by atoms with Crippen LogP contribution in [0.2, 0.25) is 0 Å². The van der Waals surface area contributed by atoms with E-state index in [0.29, 0.717) is 30.7 Å². The zero-order valence-electron chi connectivity index (χ0n) is 11.8. The van der Waals surface area contributed by atoms with Gasteiger partial charge in [-0.3, -0.25) is 4.79 Å². The zero-order valence-corrected chi connectivity index (χ0v) is 12.6. The molecule has 0 aromatic heterocycles. The minimum Gasteiger partial charge on any atom is -0.356 e. The first-order valence-corrected chi connectivity index (χ1v) is 8.53. The van der Waals surface area contributed by atoms with Crippen molar-refractivity contribution in [3.8, 4) is 0 Å². The van der Waals surface area contributed by atoms with Crippen molar-refractivity contribution < 1.29 is 13.2 Å². The summed E-state index contributed by atoms with van der Waals surface area (Å²) < 4.78 is 22.6. The van der Waals surface area contributed by atoms with E-state index in [1.54, 1.807) is 0 Å². The first-order valence-electron chi connectivity index (χ1n) is 6.71. The highest BCUT2D eigenvalue weighted by Gasteiger charge is 2.33. The highest BCUT2D eigenvalue weighted by molar-refractivity contribution is 7.91. The molecule has 0 aromatic carbocycles. The molecule has 1 atom stereocenters.